The highest BCUT2D eigenvalue weighted by Gasteiger charge is 2.25. The molecular formula is C14H26O4. The second-order valence-electron chi connectivity index (χ2n) is 4.89. The lowest BCUT2D eigenvalue weighted by Crippen LogP contribution is -2.23. The van der Waals surface area contributed by atoms with E-state index in [1.54, 1.807) is 0 Å². The van der Waals surface area contributed by atoms with Crippen molar-refractivity contribution in [3.63, 3.8) is 0 Å². The first-order valence-corrected chi connectivity index (χ1v) is 6.97. The molecule has 18 heavy (non-hydrogen) atoms. The number of unbranched alkanes of at least 4 members (excludes halogenated alkanes) is 2. The Bertz CT molecular complexity index is 250. The molecule has 0 aliphatic rings. The molecule has 2 unspecified atom stereocenters. The second kappa shape index (κ2) is 9.92. The van der Waals surface area contributed by atoms with Gasteiger partial charge in [-0.1, -0.05) is 39.5 Å². The topological polar surface area (TPSA) is 74.6 Å². The quantitative estimate of drug-likeness (QED) is 0.556. The molecule has 106 valence electrons. The molecule has 0 fully saturated rings. The van der Waals surface area contributed by atoms with Crippen molar-refractivity contribution in [2.24, 2.45) is 11.8 Å². The fourth-order valence-electron chi connectivity index (χ4n) is 2.44. The van der Waals surface area contributed by atoms with Crippen LogP contribution in [0.2, 0.25) is 0 Å². The van der Waals surface area contributed by atoms with E-state index in [-0.39, 0.29) is 18.3 Å². The SMILES string of the molecule is CCCC(CC)C(CCCCCC(=O)O)C(=O)O. The number of hydrogen-bond donors (Lipinski definition) is 2. The molecule has 0 aromatic heterocycles. The van der Waals surface area contributed by atoms with Gasteiger partial charge in [0.15, 0.2) is 0 Å². The third kappa shape index (κ3) is 7.30. The highest BCUT2D eigenvalue weighted by atomic mass is 16.4. The lowest BCUT2D eigenvalue weighted by molar-refractivity contribution is -0.144. The molecule has 0 aromatic rings. The summed E-state index contributed by atoms with van der Waals surface area (Å²) >= 11 is 0. The van der Waals surface area contributed by atoms with Crippen molar-refractivity contribution in [3.8, 4) is 0 Å². The van der Waals surface area contributed by atoms with Crippen molar-refractivity contribution < 1.29 is 19.8 Å². The van der Waals surface area contributed by atoms with Gasteiger partial charge < -0.3 is 10.2 Å². The average molecular weight is 258 g/mol. The van der Waals surface area contributed by atoms with Crippen LogP contribution < -0.4 is 0 Å². The van der Waals surface area contributed by atoms with Crippen molar-refractivity contribution in [2.75, 3.05) is 0 Å². The number of carboxylic acid groups (broad SMARTS) is 2. The molecule has 0 spiro atoms. The Labute approximate surface area is 109 Å². The van der Waals surface area contributed by atoms with Crippen LogP contribution in [0.5, 0.6) is 0 Å². The molecule has 0 saturated carbocycles. The summed E-state index contributed by atoms with van der Waals surface area (Å²) in [6.45, 7) is 4.12. The van der Waals surface area contributed by atoms with Crippen molar-refractivity contribution in [1.82, 2.24) is 0 Å². The van der Waals surface area contributed by atoms with E-state index in [1.165, 1.54) is 0 Å². The van der Waals surface area contributed by atoms with Crippen molar-refractivity contribution in [2.45, 2.75) is 65.2 Å². The Hall–Kier alpha value is -1.06. The summed E-state index contributed by atoms with van der Waals surface area (Å²) in [7, 11) is 0. The van der Waals surface area contributed by atoms with E-state index in [4.69, 9.17) is 5.11 Å². The monoisotopic (exact) mass is 258 g/mol. The summed E-state index contributed by atoms with van der Waals surface area (Å²) in [5.41, 5.74) is 0. The normalized spacial score (nSPS) is 14.1. The zero-order valence-corrected chi connectivity index (χ0v) is 11.5. The van der Waals surface area contributed by atoms with Crippen molar-refractivity contribution in [3.05, 3.63) is 0 Å². The van der Waals surface area contributed by atoms with Gasteiger partial charge in [0.05, 0.1) is 5.92 Å². The van der Waals surface area contributed by atoms with Crippen LogP contribution in [0.15, 0.2) is 0 Å². The fraction of sp³-hybridized carbons (Fsp3) is 0.857. The number of hydrogen-bond acceptors (Lipinski definition) is 2. The first-order valence-electron chi connectivity index (χ1n) is 6.97. The molecule has 0 bridgehead atoms. The molecule has 2 N–H and O–H groups in total. The van der Waals surface area contributed by atoms with E-state index in [9.17, 15) is 14.7 Å². The molecule has 0 heterocycles. The van der Waals surface area contributed by atoms with E-state index >= 15 is 0 Å². The van der Waals surface area contributed by atoms with Crippen LogP contribution in [0.25, 0.3) is 0 Å². The third-order valence-corrected chi connectivity index (χ3v) is 3.48. The molecule has 4 heteroatoms. The highest BCUT2D eigenvalue weighted by molar-refractivity contribution is 5.70. The van der Waals surface area contributed by atoms with Gasteiger partial charge >= 0.3 is 11.9 Å². The van der Waals surface area contributed by atoms with Gasteiger partial charge in [0.25, 0.3) is 0 Å². The maximum Gasteiger partial charge on any atom is 0.306 e. The Kier molecular flexibility index (Phi) is 9.33. The van der Waals surface area contributed by atoms with Crippen LogP contribution in [0, 0.1) is 11.8 Å². The number of aliphatic carboxylic acids is 2. The molecule has 0 rings (SSSR count). The largest absolute Gasteiger partial charge is 0.481 e. The maximum absolute atomic E-state index is 11.3. The Balaban J connectivity index is 4.03. The molecule has 4 nitrogen and oxygen atoms in total. The molecule has 0 aliphatic carbocycles. The second-order valence-corrected chi connectivity index (χ2v) is 4.89. The zero-order valence-electron chi connectivity index (χ0n) is 11.5. The van der Waals surface area contributed by atoms with E-state index in [0.717, 1.165) is 32.1 Å². The van der Waals surface area contributed by atoms with E-state index in [1.807, 2.05) is 6.92 Å². The maximum atomic E-state index is 11.3. The minimum atomic E-state index is -0.776. The van der Waals surface area contributed by atoms with Crippen LogP contribution in [0.4, 0.5) is 0 Å². The molecule has 0 radical (unpaired) electrons. The van der Waals surface area contributed by atoms with Crippen LogP contribution in [-0.2, 0) is 9.59 Å². The summed E-state index contributed by atoms with van der Waals surface area (Å²) in [5.74, 6) is -1.48. The van der Waals surface area contributed by atoms with Gasteiger partial charge in [0.2, 0.25) is 0 Å². The molecule has 2 atom stereocenters. The summed E-state index contributed by atoms with van der Waals surface area (Å²) in [5, 5.41) is 17.8. The lowest BCUT2D eigenvalue weighted by Gasteiger charge is -2.22. The number of carbonyl (C=O) groups is 2. The number of carboxylic acids is 2. The van der Waals surface area contributed by atoms with Gasteiger partial charge in [0.1, 0.15) is 0 Å². The minimum Gasteiger partial charge on any atom is -0.481 e. The van der Waals surface area contributed by atoms with Crippen LogP contribution in [0.1, 0.15) is 65.2 Å². The van der Waals surface area contributed by atoms with E-state index in [0.29, 0.717) is 12.8 Å². The van der Waals surface area contributed by atoms with Gasteiger partial charge in [-0.2, -0.15) is 0 Å². The smallest absolute Gasteiger partial charge is 0.306 e. The van der Waals surface area contributed by atoms with Crippen molar-refractivity contribution in [1.29, 1.82) is 0 Å². The highest BCUT2D eigenvalue weighted by Crippen LogP contribution is 2.26. The van der Waals surface area contributed by atoms with Crippen LogP contribution in [0.3, 0.4) is 0 Å². The van der Waals surface area contributed by atoms with E-state index in [2.05, 4.69) is 6.92 Å². The Morgan fingerprint density at radius 1 is 1.00 bits per heavy atom. The summed E-state index contributed by atoms with van der Waals surface area (Å²) < 4.78 is 0. The summed E-state index contributed by atoms with van der Waals surface area (Å²) in [6.07, 6.45) is 6.00. The predicted molar refractivity (Wildman–Crippen MR) is 70.5 cm³/mol. The van der Waals surface area contributed by atoms with E-state index < -0.39 is 11.9 Å². The van der Waals surface area contributed by atoms with Crippen molar-refractivity contribution >= 4 is 11.9 Å². The summed E-state index contributed by atoms with van der Waals surface area (Å²) in [6, 6.07) is 0. The number of rotatable bonds is 11. The Morgan fingerprint density at radius 2 is 1.67 bits per heavy atom. The van der Waals surface area contributed by atoms with Gasteiger partial charge in [-0.3, -0.25) is 9.59 Å². The van der Waals surface area contributed by atoms with Gasteiger partial charge in [0, 0.05) is 6.42 Å². The van der Waals surface area contributed by atoms with Crippen LogP contribution in [-0.4, -0.2) is 22.2 Å². The summed E-state index contributed by atoms with van der Waals surface area (Å²) in [4.78, 5) is 21.6. The first-order chi connectivity index (χ1) is 8.52. The van der Waals surface area contributed by atoms with Gasteiger partial charge in [-0.05, 0) is 25.2 Å². The third-order valence-electron chi connectivity index (χ3n) is 3.48. The molecular weight excluding hydrogens is 232 g/mol. The molecule has 0 aliphatic heterocycles. The lowest BCUT2D eigenvalue weighted by atomic mass is 9.83. The van der Waals surface area contributed by atoms with Gasteiger partial charge in [-0.15, -0.1) is 0 Å². The zero-order chi connectivity index (χ0) is 14.0. The predicted octanol–water partition coefficient (Wildman–Crippen LogP) is 3.55. The fourth-order valence-corrected chi connectivity index (χ4v) is 2.44. The Morgan fingerprint density at radius 3 is 2.11 bits per heavy atom. The van der Waals surface area contributed by atoms with Crippen LogP contribution >= 0.6 is 0 Å². The molecule has 0 aromatic carbocycles. The van der Waals surface area contributed by atoms with Gasteiger partial charge in [-0.25, -0.2) is 0 Å². The molecule has 0 amide bonds. The first kappa shape index (κ1) is 16.9. The minimum absolute atomic E-state index is 0.184. The average Bonchev–Trinajstić information content (AvgIpc) is 2.30. The standard InChI is InChI=1S/C14H26O4/c1-3-8-11(4-2)12(14(17)18)9-6-5-7-10-13(15)16/h11-12H,3-10H2,1-2H3,(H,15,16)(H,17,18). The molecule has 0 saturated heterocycles.